The second-order valence-corrected chi connectivity index (χ2v) is 4.33. The molecular formula is C12H8F3NOS. The molecule has 6 heteroatoms. The van der Waals surface area contributed by atoms with Crippen LogP contribution in [0.3, 0.4) is 0 Å². The van der Waals surface area contributed by atoms with E-state index in [4.69, 9.17) is 4.74 Å². The molecule has 0 atom stereocenters. The lowest BCUT2D eigenvalue weighted by atomic mass is 10.3. The Labute approximate surface area is 106 Å². The standard InChI is InChI=1S/C12H8F3NOS/c1-17-9-4-2-3-5-10(9)18-12-8(14)6-7(13)11(15)16-12/h2-6H,1H3. The summed E-state index contributed by atoms with van der Waals surface area (Å²) >= 11 is 0.871. The second kappa shape index (κ2) is 5.30. The van der Waals surface area contributed by atoms with Crippen molar-refractivity contribution in [1.29, 1.82) is 0 Å². The highest BCUT2D eigenvalue weighted by atomic mass is 32.2. The zero-order valence-corrected chi connectivity index (χ0v) is 10.1. The van der Waals surface area contributed by atoms with Crippen LogP contribution in [0.5, 0.6) is 5.75 Å². The summed E-state index contributed by atoms with van der Waals surface area (Å²) in [6.07, 6.45) is 0. The molecule has 0 bridgehead atoms. The number of aromatic nitrogens is 1. The largest absolute Gasteiger partial charge is 0.496 e. The summed E-state index contributed by atoms with van der Waals surface area (Å²) in [5.41, 5.74) is 0. The van der Waals surface area contributed by atoms with E-state index in [0.29, 0.717) is 16.7 Å². The summed E-state index contributed by atoms with van der Waals surface area (Å²) in [6, 6.07) is 7.30. The van der Waals surface area contributed by atoms with Crippen molar-refractivity contribution in [2.45, 2.75) is 9.92 Å². The number of ether oxygens (including phenoxy) is 1. The van der Waals surface area contributed by atoms with E-state index in [0.717, 1.165) is 11.8 Å². The van der Waals surface area contributed by atoms with Crippen molar-refractivity contribution in [3.05, 3.63) is 47.9 Å². The summed E-state index contributed by atoms with van der Waals surface area (Å²) < 4.78 is 44.2. The summed E-state index contributed by atoms with van der Waals surface area (Å²) in [5, 5.41) is -0.238. The lowest BCUT2D eigenvalue weighted by molar-refractivity contribution is 0.404. The highest BCUT2D eigenvalue weighted by molar-refractivity contribution is 7.99. The van der Waals surface area contributed by atoms with E-state index in [1.807, 2.05) is 0 Å². The first kappa shape index (κ1) is 12.8. The third-order valence-corrected chi connectivity index (χ3v) is 3.17. The van der Waals surface area contributed by atoms with Crippen LogP contribution in [-0.2, 0) is 0 Å². The first-order valence-corrected chi connectivity index (χ1v) is 5.76. The van der Waals surface area contributed by atoms with Crippen LogP contribution >= 0.6 is 11.8 Å². The molecule has 0 aliphatic rings. The van der Waals surface area contributed by atoms with E-state index < -0.39 is 17.6 Å². The first-order valence-electron chi connectivity index (χ1n) is 4.94. The smallest absolute Gasteiger partial charge is 0.250 e. The Hall–Kier alpha value is -1.69. The number of hydrogen-bond donors (Lipinski definition) is 0. The van der Waals surface area contributed by atoms with Crippen molar-refractivity contribution in [2.24, 2.45) is 0 Å². The highest BCUT2D eigenvalue weighted by Crippen LogP contribution is 2.35. The van der Waals surface area contributed by atoms with E-state index in [1.54, 1.807) is 24.3 Å². The lowest BCUT2D eigenvalue weighted by Gasteiger charge is -2.07. The number of methoxy groups -OCH3 is 1. The average molecular weight is 271 g/mol. The van der Waals surface area contributed by atoms with Gasteiger partial charge < -0.3 is 4.74 Å². The van der Waals surface area contributed by atoms with Crippen LogP contribution in [0.25, 0.3) is 0 Å². The van der Waals surface area contributed by atoms with Gasteiger partial charge in [0, 0.05) is 6.07 Å². The molecular weight excluding hydrogens is 263 g/mol. The van der Waals surface area contributed by atoms with Gasteiger partial charge in [0.05, 0.1) is 12.0 Å². The molecule has 0 saturated carbocycles. The second-order valence-electron chi connectivity index (χ2n) is 3.30. The van der Waals surface area contributed by atoms with Crippen molar-refractivity contribution in [2.75, 3.05) is 7.11 Å². The van der Waals surface area contributed by atoms with Crippen molar-refractivity contribution >= 4 is 11.8 Å². The van der Waals surface area contributed by atoms with Crippen molar-refractivity contribution < 1.29 is 17.9 Å². The van der Waals surface area contributed by atoms with Crippen LogP contribution < -0.4 is 4.74 Å². The predicted molar refractivity (Wildman–Crippen MR) is 61.2 cm³/mol. The molecule has 0 fully saturated rings. The molecule has 0 aliphatic carbocycles. The maximum absolute atomic E-state index is 13.4. The zero-order chi connectivity index (χ0) is 13.1. The van der Waals surface area contributed by atoms with Gasteiger partial charge in [0.1, 0.15) is 10.8 Å². The molecule has 0 spiro atoms. The van der Waals surface area contributed by atoms with Crippen molar-refractivity contribution in [1.82, 2.24) is 4.98 Å². The fraction of sp³-hybridized carbons (Fsp3) is 0.0833. The molecule has 0 amide bonds. The van der Waals surface area contributed by atoms with E-state index in [-0.39, 0.29) is 5.03 Å². The molecule has 0 unspecified atom stereocenters. The quantitative estimate of drug-likeness (QED) is 0.795. The molecule has 2 nitrogen and oxygen atoms in total. The van der Waals surface area contributed by atoms with Crippen LogP contribution in [0.2, 0.25) is 0 Å². The Morgan fingerprint density at radius 2 is 1.83 bits per heavy atom. The van der Waals surface area contributed by atoms with E-state index in [1.165, 1.54) is 7.11 Å². The summed E-state index contributed by atoms with van der Waals surface area (Å²) in [4.78, 5) is 3.80. The molecule has 2 rings (SSSR count). The number of halogens is 3. The van der Waals surface area contributed by atoms with Gasteiger partial charge in [0.2, 0.25) is 5.95 Å². The van der Waals surface area contributed by atoms with Gasteiger partial charge in [-0.1, -0.05) is 23.9 Å². The Morgan fingerprint density at radius 1 is 1.11 bits per heavy atom. The van der Waals surface area contributed by atoms with Crippen molar-refractivity contribution in [3.8, 4) is 5.75 Å². The normalized spacial score (nSPS) is 10.4. The van der Waals surface area contributed by atoms with Crippen LogP contribution in [0.15, 0.2) is 40.3 Å². The topological polar surface area (TPSA) is 22.1 Å². The van der Waals surface area contributed by atoms with Gasteiger partial charge in [-0.15, -0.1) is 0 Å². The van der Waals surface area contributed by atoms with Crippen LogP contribution in [0, 0.1) is 17.6 Å². The predicted octanol–water partition coefficient (Wildman–Crippen LogP) is 3.66. The Bertz CT molecular complexity index is 577. The van der Waals surface area contributed by atoms with E-state index in [9.17, 15) is 13.2 Å². The Morgan fingerprint density at radius 3 is 2.56 bits per heavy atom. The number of rotatable bonds is 3. The third-order valence-electron chi connectivity index (χ3n) is 2.13. The minimum Gasteiger partial charge on any atom is -0.496 e. The first-order chi connectivity index (χ1) is 8.61. The molecule has 18 heavy (non-hydrogen) atoms. The third kappa shape index (κ3) is 2.59. The molecule has 0 radical (unpaired) electrons. The van der Waals surface area contributed by atoms with Crippen LogP contribution in [-0.4, -0.2) is 12.1 Å². The fourth-order valence-corrected chi connectivity index (χ4v) is 2.20. The maximum atomic E-state index is 13.4. The van der Waals surface area contributed by atoms with E-state index in [2.05, 4.69) is 4.98 Å². The number of hydrogen-bond acceptors (Lipinski definition) is 3. The van der Waals surface area contributed by atoms with Gasteiger partial charge in [0.15, 0.2) is 11.6 Å². The molecule has 0 aliphatic heterocycles. The Kier molecular flexibility index (Phi) is 3.76. The SMILES string of the molecule is COc1ccccc1Sc1nc(F)c(F)cc1F. The fourth-order valence-electron chi connectivity index (χ4n) is 1.31. The molecule has 2 aromatic rings. The molecule has 1 heterocycles. The van der Waals surface area contributed by atoms with Crippen LogP contribution in [0.1, 0.15) is 0 Å². The van der Waals surface area contributed by atoms with E-state index >= 15 is 0 Å². The van der Waals surface area contributed by atoms with Gasteiger partial charge in [-0.2, -0.15) is 4.39 Å². The van der Waals surface area contributed by atoms with Gasteiger partial charge in [0.25, 0.3) is 0 Å². The summed E-state index contributed by atoms with van der Waals surface area (Å²) in [6.45, 7) is 0. The zero-order valence-electron chi connectivity index (χ0n) is 9.28. The molecule has 0 N–H and O–H groups in total. The van der Waals surface area contributed by atoms with Gasteiger partial charge in [-0.3, -0.25) is 0 Å². The minimum absolute atomic E-state index is 0.238. The maximum Gasteiger partial charge on any atom is 0.250 e. The Balaban J connectivity index is 2.37. The number of benzene rings is 1. The summed E-state index contributed by atoms with van der Waals surface area (Å²) in [7, 11) is 1.47. The monoisotopic (exact) mass is 271 g/mol. The van der Waals surface area contributed by atoms with Crippen molar-refractivity contribution in [3.63, 3.8) is 0 Å². The molecule has 1 aromatic carbocycles. The van der Waals surface area contributed by atoms with Gasteiger partial charge >= 0.3 is 0 Å². The number of para-hydroxylation sites is 1. The molecule has 1 aromatic heterocycles. The summed E-state index contributed by atoms with van der Waals surface area (Å²) in [5.74, 6) is -3.04. The molecule has 0 saturated heterocycles. The molecule has 94 valence electrons. The lowest BCUT2D eigenvalue weighted by Crippen LogP contribution is -1.96. The highest BCUT2D eigenvalue weighted by Gasteiger charge is 2.14. The van der Waals surface area contributed by atoms with Gasteiger partial charge in [-0.05, 0) is 12.1 Å². The van der Waals surface area contributed by atoms with Crippen LogP contribution in [0.4, 0.5) is 13.2 Å². The number of nitrogens with zero attached hydrogens (tertiary/aromatic N) is 1. The average Bonchev–Trinajstić information content (AvgIpc) is 2.36. The van der Waals surface area contributed by atoms with Gasteiger partial charge in [-0.25, -0.2) is 13.8 Å². The number of pyridine rings is 1. The minimum atomic E-state index is -1.33.